The maximum Gasteiger partial charge on any atom is 0.166 e. The molecule has 1 aliphatic carbocycles. The molecule has 1 aliphatic rings. The SMILES string of the molecule is COC(C(=O)Cc1c(F)ccc(Br)c1F)C1CC1. The molecule has 0 N–H and O–H groups in total. The number of hydrogen-bond donors (Lipinski definition) is 0. The number of carbonyl (C=O) groups excluding carboxylic acids is 1. The Kier molecular flexibility index (Phi) is 4.12. The van der Waals surface area contributed by atoms with Crippen LogP contribution < -0.4 is 0 Å². The number of methoxy groups -OCH3 is 1. The molecule has 98 valence electrons. The Labute approximate surface area is 112 Å². The van der Waals surface area contributed by atoms with Gasteiger partial charge in [0, 0.05) is 19.1 Å². The largest absolute Gasteiger partial charge is 0.373 e. The lowest BCUT2D eigenvalue weighted by Gasteiger charge is -2.14. The first-order chi connectivity index (χ1) is 8.54. The molecule has 1 aromatic carbocycles. The van der Waals surface area contributed by atoms with Gasteiger partial charge in [0.1, 0.15) is 17.7 Å². The van der Waals surface area contributed by atoms with Crippen LogP contribution in [0.2, 0.25) is 0 Å². The third-order valence-corrected chi connectivity index (χ3v) is 3.72. The molecule has 1 fully saturated rings. The lowest BCUT2D eigenvalue weighted by molar-refractivity contribution is -0.129. The number of hydrogen-bond acceptors (Lipinski definition) is 2. The van der Waals surface area contributed by atoms with Crippen molar-refractivity contribution >= 4 is 21.7 Å². The summed E-state index contributed by atoms with van der Waals surface area (Å²) in [5.41, 5.74) is -0.197. The number of ether oxygens (including phenoxy) is 1. The van der Waals surface area contributed by atoms with Crippen molar-refractivity contribution in [2.45, 2.75) is 25.4 Å². The Morgan fingerprint density at radius 2 is 2.17 bits per heavy atom. The highest BCUT2D eigenvalue weighted by Gasteiger charge is 2.36. The van der Waals surface area contributed by atoms with E-state index in [0.717, 1.165) is 18.9 Å². The predicted octanol–water partition coefficient (Wildman–Crippen LogP) is 3.26. The van der Waals surface area contributed by atoms with Gasteiger partial charge in [-0.2, -0.15) is 0 Å². The average Bonchev–Trinajstić information content (AvgIpc) is 3.15. The average molecular weight is 319 g/mol. The van der Waals surface area contributed by atoms with E-state index in [1.165, 1.54) is 13.2 Å². The van der Waals surface area contributed by atoms with Crippen molar-refractivity contribution < 1.29 is 18.3 Å². The molecule has 2 rings (SSSR count). The van der Waals surface area contributed by atoms with Crippen LogP contribution in [0.25, 0.3) is 0 Å². The summed E-state index contributed by atoms with van der Waals surface area (Å²) in [6, 6.07) is 2.43. The molecule has 0 aromatic heterocycles. The molecule has 0 spiro atoms. The maximum atomic E-state index is 13.7. The summed E-state index contributed by atoms with van der Waals surface area (Å²) in [6.45, 7) is 0. The number of Topliss-reactive ketones (excluding diaryl/α,β-unsaturated/α-hetero) is 1. The van der Waals surface area contributed by atoms with Crippen molar-refractivity contribution in [1.82, 2.24) is 0 Å². The number of rotatable bonds is 5. The molecular formula is C13H13BrF2O2. The van der Waals surface area contributed by atoms with E-state index < -0.39 is 17.7 Å². The molecule has 5 heteroatoms. The van der Waals surface area contributed by atoms with Gasteiger partial charge in [-0.05, 0) is 46.8 Å². The van der Waals surface area contributed by atoms with Crippen molar-refractivity contribution in [3.8, 4) is 0 Å². The second-order valence-corrected chi connectivity index (χ2v) is 5.31. The highest BCUT2D eigenvalue weighted by molar-refractivity contribution is 9.10. The minimum atomic E-state index is -0.714. The van der Waals surface area contributed by atoms with E-state index in [1.807, 2.05) is 0 Å². The molecule has 0 saturated heterocycles. The molecule has 0 radical (unpaired) electrons. The Balaban J connectivity index is 2.18. The predicted molar refractivity (Wildman–Crippen MR) is 66.3 cm³/mol. The first-order valence-electron chi connectivity index (χ1n) is 5.72. The molecule has 18 heavy (non-hydrogen) atoms. The summed E-state index contributed by atoms with van der Waals surface area (Å²) >= 11 is 2.98. The molecule has 0 bridgehead atoms. The monoisotopic (exact) mass is 318 g/mol. The molecule has 0 aliphatic heterocycles. The van der Waals surface area contributed by atoms with Crippen LogP contribution in [-0.4, -0.2) is 19.0 Å². The van der Waals surface area contributed by atoms with Gasteiger partial charge >= 0.3 is 0 Å². The summed E-state index contributed by atoms with van der Waals surface area (Å²) in [5, 5.41) is 0. The summed E-state index contributed by atoms with van der Waals surface area (Å²) in [7, 11) is 1.45. The standard InChI is InChI=1S/C13H13BrF2O2/c1-18-13(7-2-3-7)11(17)6-8-10(15)5-4-9(14)12(8)16/h4-5,7,13H,2-3,6H2,1H3. The zero-order chi connectivity index (χ0) is 13.3. The third kappa shape index (κ3) is 2.78. The van der Waals surface area contributed by atoms with Gasteiger partial charge in [-0.15, -0.1) is 0 Å². The van der Waals surface area contributed by atoms with Crippen LogP contribution in [0.1, 0.15) is 18.4 Å². The lowest BCUT2D eigenvalue weighted by Crippen LogP contribution is -2.27. The topological polar surface area (TPSA) is 26.3 Å². The van der Waals surface area contributed by atoms with Gasteiger partial charge in [0.15, 0.2) is 5.78 Å². The van der Waals surface area contributed by atoms with Gasteiger partial charge in [0.25, 0.3) is 0 Å². The van der Waals surface area contributed by atoms with Crippen LogP contribution >= 0.6 is 15.9 Å². The Morgan fingerprint density at radius 3 is 2.72 bits per heavy atom. The van der Waals surface area contributed by atoms with E-state index in [1.54, 1.807) is 0 Å². The summed E-state index contributed by atoms with van der Waals surface area (Å²) in [4.78, 5) is 12.0. The zero-order valence-corrected chi connectivity index (χ0v) is 11.5. The van der Waals surface area contributed by atoms with E-state index in [2.05, 4.69) is 15.9 Å². The van der Waals surface area contributed by atoms with Crippen LogP contribution in [0, 0.1) is 17.6 Å². The summed E-state index contributed by atoms with van der Waals surface area (Å²) < 4.78 is 32.5. The van der Waals surface area contributed by atoms with Gasteiger partial charge in [-0.25, -0.2) is 8.78 Å². The second-order valence-electron chi connectivity index (χ2n) is 4.46. The van der Waals surface area contributed by atoms with E-state index >= 15 is 0 Å². The quantitative estimate of drug-likeness (QED) is 0.779. The molecule has 1 atom stereocenters. The first-order valence-corrected chi connectivity index (χ1v) is 6.51. The van der Waals surface area contributed by atoms with Gasteiger partial charge in [0.2, 0.25) is 0 Å². The smallest absolute Gasteiger partial charge is 0.166 e. The fourth-order valence-corrected chi connectivity index (χ4v) is 2.36. The van der Waals surface area contributed by atoms with Crippen LogP contribution in [0.3, 0.4) is 0 Å². The Bertz CT molecular complexity index is 472. The van der Waals surface area contributed by atoms with E-state index in [-0.39, 0.29) is 28.2 Å². The van der Waals surface area contributed by atoms with Crippen molar-refractivity contribution in [2.24, 2.45) is 5.92 Å². The normalized spacial score (nSPS) is 16.7. The number of halogens is 3. The molecule has 1 unspecified atom stereocenters. The summed E-state index contributed by atoms with van der Waals surface area (Å²) in [5.74, 6) is -1.47. The molecule has 0 heterocycles. The van der Waals surface area contributed by atoms with E-state index in [9.17, 15) is 13.6 Å². The molecule has 1 aromatic rings. The Hall–Kier alpha value is -0.810. The van der Waals surface area contributed by atoms with Crippen molar-refractivity contribution in [2.75, 3.05) is 7.11 Å². The van der Waals surface area contributed by atoms with Gasteiger partial charge in [-0.1, -0.05) is 0 Å². The second kappa shape index (κ2) is 5.45. The fraction of sp³-hybridized carbons (Fsp3) is 0.462. The number of ketones is 1. The highest BCUT2D eigenvalue weighted by Crippen LogP contribution is 2.35. The van der Waals surface area contributed by atoms with E-state index in [0.29, 0.717) is 0 Å². The van der Waals surface area contributed by atoms with Crippen LogP contribution in [0.4, 0.5) is 8.78 Å². The minimum absolute atomic E-state index is 0.159. The fourth-order valence-electron chi connectivity index (χ4n) is 1.99. The van der Waals surface area contributed by atoms with Crippen molar-refractivity contribution in [1.29, 1.82) is 0 Å². The molecular weight excluding hydrogens is 306 g/mol. The Morgan fingerprint density at radius 1 is 1.50 bits per heavy atom. The lowest BCUT2D eigenvalue weighted by atomic mass is 10.0. The third-order valence-electron chi connectivity index (χ3n) is 3.11. The van der Waals surface area contributed by atoms with Gasteiger partial charge < -0.3 is 4.74 Å². The molecule has 2 nitrogen and oxygen atoms in total. The van der Waals surface area contributed by atoms with Crippen molar-refractivity contribution in [3.05, 3.63) is 33.8 Å². The maximum absolute atomic E-state index is 13.7. The number of carbonyl (C=O) groups is 1. The molecule has 0 amide bonds. The number of benzene rings is 1. The van der Waals surface area contributed by atoms with Gasteiger partial charge in [0.05, 0.1) is 4.47 Å². The van der Waals surface area contributed by atoms with Crippen molar-refractivity contribution in [3.63, 3.8) is 0 Å². The van der Waals surface area contributed by atoms with Crippen LogP contribution in [0.15, 0.2) is 16.6 Å². The zero-order valence-electron chi connectivity index (χ0n) is 9.88. The van der Waals surface area contributed by atoms with Crippen LogP contribution in [0.5, 0.6) is 0 Å². The first kappa shape index (κ1) is 13.6. The molecule has 1 saturated carbocycles. The highest BCUT2D eigenvalue weighted by atomic mass is 79.9. The van der Waals surface area contributed by atoms with E-state index in [4.69, 9.17) is 4.74 Å². The summed E-state index contributed by atoms with van der Waals surface area (Å²) in [6.07, 6.45) is 1.07. The minimum Gasteiger partial charge on any atom is -0.373 e. The van der Waals surface area contributed by atoms with Crippen LogP contribution in [-0.2, 0) is 16.0 Å². The van der Waals surface area contributed by atoms with Gasteiger partial charge in [-0.3, -0.25) is 4.79 Å².